The van der Waals surface area contributed by atoms with Gasteiger partial charge < -0.3 is 10.6 Å². The fraction of sp³-hybridized carbons (Fsp3) is 0.286. The zero-order chi connectivity index (χ0) is 19.6. The predicted octanol–water partition coefficient (Wildman–Crippen LogP) is 4.45. The zero-order valence-electron chi connectivity index (χ0n) is 15.9. The lowest BCUT2D eigenvalue weighted by Crippen LogP contribution is -2.46. The molecular weight excluding hydrogens is 358 g/mol. The molecule has 3 aromatic rings. The molecule has 0 bridgehead atoms. The van der Waals surface area contributed by atoms with Crippen molar-refractivity contribution in [3.8, 4) is 10.6 Å². The molecule has 0 aliphatic heterocycles. The Morgan fingerprint density at radius 3 is 2.52 bits per heavy atom. The van der Waals surface area contributed by atoms with Crippen LogP contribution in [0.25, 0.3) is 20.8 Å². The van der Waals surface area contributed by atoms with Crippen LogP contribution in [-0.4, -0.2) is 22.8 Å². The van der Waals surface area contributed by atoms with E-state index in [2.05, 4.69) is 15.6 Å². The molecule has 1 atom stereocenters. The number of para-hydroxylation sites is 1. The van der Waals surface area contributed by atoms with E-state index >= 15 is 0 Å². The maximum absolute atomic E-state index is 12.4. The van der Waals surface area contributed by atoms with Crippen LogP contribution in [0.4, 0.5) is 5.69 Å². The number of carbonyl (C=O) groups excluding carboxylic acids is 2. The summed E-state index contributed by atoms with van der Waals surface area (Å²) in [7, 11) is 0. The number of hydrogen-bond acceptors (Lipinski definition) is 4. The van der Waals surface area contributed by atoms with Crippen LogP contribution in [0.2, 0.25) is 0 Å². The van der Waals surface area contributed by atoms with Crippen molar-refractivity contribution in [3.05, 3.63) is 48.5 Å². The summed E-state index contributed by atoms with van der Waals surface area (Å²) in [6.07, 6.45) is 0. The third-order valence-corrected chi connectivity index (χ3v) is 5.18. The largest absolute Gasteiger partial charge is 0.344 e. The summed E-state index contributed by atoms with van der Waals surface area (Å²) in [4.78, 5) is 29.1. The number of nitrogens with one attached hydrogen (secondary N) is 2. The average molecular weight is 382 g/mol. The topological polar surface area (TPSA) is 71.1 Å². The van der Waals surface area contributed by atoms with E-state index in [0.717, 1.165) is 20.8 Å². The van der Waals surface area contributed by atoms with Crippen molar-refractivity contribution in [2.24, 2.45) is 5.41 Å². The van der Waals surface area contributed by atoms with Gasteiger partial charge in [0.1, 0.15) is 11.0 Å². The van der Waals surface area contributed by atoms with E-state index in [4.69, 9.17) is 0 Å². The van der Waals surface area contributed by atoms with Crippen molar-refractivity contribution < 1.29 is 9.59 Å². The summed E-state index contributed by atoms with van der Waals surface area (Å²) in [6, 6.07) is 14.9. The van der Waals surface area contributed by atoms with Gasteiger partial charge in [-0.2, -0.15) is 0 Å². The molecule has 1 unspecified atom stereocenters. The third kappa shape index (κ3) is 4.52. The SMILES string of the molecule is CC(NC(=O)C(C)(C)C)C(=O)Nc1cccc(-c2nc3ccccc3s2)c1. The van der Waals surface area contributed by atoms with E-state index in [0.29, 0.717) is 5.69 Å². The first-order valence-electron chi connectivity index (χ1n) is 8.82. The van der Waals surface area contributed by atoms with Crippen LogP contribution in [0.5, 0.6) is 0 Å². The van der Waals surface area contributed by atoms with Crippen molar-refractivity contribution in [2.75, 3.05) is 5.32 Å². The average Bonchev–Trinajstić information content (AvgIpc) is 3.05. The van der Waals surface area contributed by atoms with E-state index in [9.17, 15) is 9.59 Å². The van der Waals surface area contributed by atoms with Crippen molar-refractivity contribution in [1.29, 1.82) is 0 Å². The first kappa shape index (κ1) is 19.0. The normalized spacial score (nSPS) is 12.6. The van der Waals surface area contributed by atoms with Gasteiger partial charge >= 0.3 is 0 Å². The van der Waals surface area contributed by atoms with E-state index in [1.54, 1.807) is 18.3 Å². The number of benzene rings is 2. The zero-order valence-corrected chi connectivity index (χ0v) is 16.7. The first-order valence-corrected chi connectivity index (χ1v) is 9.63. The van der Waals surface area contributed by atoms with Crippen LogP contribution in [0, 0.1) is 5.41 Å². The van der Waals surface area contributed by atoms with Crippen LogP contribution in [0.3, 0.4) is 0 Å². The maximum atomic E-state index is 12.4. The van der Waals surface area contributed by atoms with Crippen molar-refractivity contribution in [2.45, 2.75) is 33.7 Å². The molecule has 5 nitrogen and oxygen atoms in total. The van der Waals surface area contributed by atoms with Gasteiger partial charge in [-0.25, -0.2) is 4.98 Å². The van der Waals surface area contributed by atoms with Crippen LogP contribution in [-0.2, 0) is 9.59 Å². The molecule has 27 heavy (non-hydrogen) atoms. The van der Waals surface area contributed by atoms with E-state index in [1.807, 2.05) is 69.3 Å². The van der Waals surface area contributed by atoms with Gasteiger partial charge in [0.25, 0.3) is 0 Å². The smallest absolute Gasteiger partial charge is 0.246 e. The fourth-order valence-electron chi connectivity index (χ4n) is 2.45. The number of carbonyl (C=O) groups is 2. The molecule has 2 amide bonds. The molecule has 0 aliphatic carbocycles. The fourth-order valence-corrected chi connectivity index (χ4v) is 3.42. The monoisotopic (exact) mass is 381 g/mol. The number of nitrogens with zero attached hydrogens (tertiary/aromatic N) is 1. The molecule has 0 radical (unpaired) electrons. The molecule has 0 aliphatic rings. The predicted molar refractivity (Wildman–Crippen MR) is 111 cm³/mol. The number of anilines is 1. The molecule has 140 valence electrons. The van der Waals surface area contributed by atoms with Crippen LogP contribution < -0.4 is 10.6 Å². The van der Waals surface area contributed by atoms with Gasteiger partial charge in [-0.3, -0.25) is 9.59 Å². The molecule has 3 rings (SSSR count). The molecule has 0 spiro atoms. The number of rotatable bonds is 4. The Morgan fingerprint density at radius 2 is 1.81 bits per heavy atom. The van der Waals surface area contributed by atoms with Gasteiger partial charge in [-0.1, -0.05) is 45.0 Å². The molecule has 2 aromatic carbocycles. The number of thiazole rings is 1. The third-order valence-electron chi connectivity index (χ3n) is 4.09. The second kappa shape index (κ2) is 7.48. The highest BCUT2D eigenvalue weighted by Gasteiger charge is 2.25. The van der Waals surface area contributed by atoms with Crippen LogP contribution in [0.15, 0.2) is 48.5 Å². The summed E-state index contributed by atoms with van der Waals surface area (Å²) in [5, 5.41) is 6.51. The second-order valence-electron chi connectivity index (χ2n) is 7.50. The molecule has 6 heteroatoms. The van der Waals surface area contributed by atoms with E-state index in [1.165, 1.54) is 0 Å². The lowest BCUT2D eigenvalue weighted by atomic mass is 9.95. The highest BCUT2D eigenvalue weighted by Crippen LogP contribution is 2.31. The maximum Gasteiger partial charge on any atom is 0.246 e. The summed E-state index contributed by atoms with van der Waals surface area (Å²) in [5.74, 6) is -0.414. The highest BCUT2D eigenvalue weighted by molar-refractivity contribution is 7.21. The highest BCUT2D eigenvalue weighted by atomic mass is 32.1. The molecule has 1 heterocycles. The summed E-state index contributed by atoms with van der Waals surface area (Å²) < 4.78 is 1.13. The molecular formula is C21H23N3O2S. The summed E-state index contributed by atoms with van der Waals surface area (Å²) >= 11 is 1.61. The number of fused-ring (bicyclic) bond motifs is 1. The standard InChI is InChI=1S/C21H23N3O2S/c1-13(22-20(26)21(2,3)4)18(25)23-15-9-7-8-14(12-15)19-24-16-10-5-6-11-17(16)27-19/h5-13H,1-4H3,(H,22,26)(H,23,25). The van der Waals surface area contributed by atoms with Crippen molar-refractivity contribution in [3.63, 3.8) is 0 Å². The Labute approximate surface area is 162 Å². The minimum absolute atomic E-state index is 0.159. The van der Waals surface area contributed by atoms with E-state index in [-0.39, 0.29) is 11.8 Å². The minimum Gasteiger partial charge on any atom is -0.344 e. The molecule has 2 N–H and O–H groups in total. The second-order valence-corrected chi connectivity index (χ2v) is 8.53. The number of hydrogen-bond donors (Lipinski definition) is 2. The quantitative estimate of drug-likeness (QED) is 0.701. The Hall–Kier alpha value is -2.73. The molecule has 1 aromatic heterocycles. The Morgan fingerprint density at radius 1 is 1.07 bits per heavy atom. The van der Waals surface area contributed by atoms with Gasteiger partial charge in [0.05, 0.1) is 10.2 Å². The molecule has 0 fully saturated rings. The lowest BCUT2D eigenvalue weighted by molar-refractivity contribution is -0.131. The minimum atomic E-state index is -0.622. The van der Waals surface area contributed by atoms with Crippen molar-refractivity contribution >= 4 is 39.1 Å². The summed E-state index contributed by atoms with van der Waals surface area (Å²) in [5.41, 5.74) is 2.04. The Bertz CT molecular complexity index is 955. The van der Waals surface area contributed by atoms with E-state index < -0.39 is 11.5 Å². The van der Waals surface area contributed by atoms with Gasteiger partial charge in [0, 0.05) is 16.7 Å². The first-order chi connectivity index (χ1) is 12.7. The number of aromatic nitrogens is 1. The van der Waals surface area contributed by atoms with Crippen LogP contribution in [0.1, 0.15) is 27.7 Å². The van der Waals surface area contributed by atoms with Crippen LogP contribution >= 0.6 is 11.3 Å². The molecule has 0 saturated heterocycles. The number of amides is 2. The Kier molecular flexibility index (Phi) is 5.28. The lowest BCUT2D eigenvalue weighted by Gasteiger charge is -2.21. The van der Waals surface area contributed by atoms with Gasteiger partial charge in [-0.15, -0.1) is 11.3 Å². The Balaban J connectivity index is 1.73. The van der Waals surface area contributed by atoms with Gasteiger partial charge in [0.15, 0.2) is 0 Å². The van der Waals surface area contributed by atoms with Gasteiger partial charge in [-0.05, 0) is 31.2 Å². The summed E-state index contributed by atoms with van der Waals surface area (Å²) in [6.45, 7) is 7.12. The van der Waals surface area contributed by atoms with Gasteiger partial charge in [0.2, 0.25) is 11.8 Å². The molecule has 0 saturated carbocycles. The van der Waals surface area contributed by atoms with Crippen molar-refractivity contribution in [1.82, 2.24) is 10.3 Å².